The highest BCUT2D eigenvalue weighted by Crippen LogP contribution is 2.36. The van der Waals surface area contributed by atoms with Crippen LogP contribution in [-0.2, 0) is 9.53 Å². The van der Waals surface area contributed by atoms with Gasteiger partial charge in [-0.05, 0) is 41.9 Å². The van der Waals surface area contributed by atoms with Crippen molar-refractivity contribution in [1.29, 1.82) is 0 Å². The van der Waals surface area contributed by atoms with E-state index in [1.165, 1.54) is 11.3 Å². The predicted octanol–water partition coefficient (Wildman–Crippen LogP) is 6.03. The maximum absolute atomic E-state index is 12.6. The lowest BCUT2D eigenvalue weighted by Crippen LogP contribution is -2.16. The van der Waals surface area contributed by atoms with Crippen molar-refractivity contribution in [3.8, 4) is 22.6 Å². The van der Waals surface area contributed by atoms with Gasteiger partial charge in [-0.25, -0.2) is 4.79 Å². The van der Waals surface area contributed by atoms with Crippen molar-refractivity contribution in [2.75, 3.05) is 17.7 Å². The highest BCUT2D eigenvalue weighted by Gasteiger charge is 2.23. The molecule has 4 rings (SSSR count). The van der Waals surface area contributed by atoms with Crippen LogP contribution in [0.5, 0.6) is 0 Å². The number of anilines is 1. The van der Waals surface area contributed by atoms with Gasteiger partial charge in [0.05, 0.1) is 12.4 Å². The minimum atomic E-state index is -0.480. The van der Waals surface area contributed by atoms with Crippen LogP contribution in [0.25, 0.3) is 22.6 Å². The summed E-state index contributed by atoms with van der Waals surface area (Å²) in [5, 5.41) is 9.92. The number of nitrogens with one attached hydrogen (secondary N) is 1. The van der Waals surface area contributed by atoms with Crippen molar-refractivity contribution in [3.63, 3.8) is 0 Å². The van der Waals surface area contributed by atoms with Crippen molar-refractivity contribution in [1.82, 2.24) is 10.1 Å². The molecule has 0 aliphatic rings. The first kappa shape index (κ1) is 23.0. The quantitative estimate of drug-likeness (QED) is 0.234. The number of hydrogen-bond acceptors (Lipinski definition) is 8. The van der Waals surface area contributed by atoms with Crippen LogP contribution in [0.3, 0.4) is 0 Å². The maximum Gasteiger partial charge on any atom is 0.341 e. The number of nitrogens with zero attached hydrogens (tertiary/aromatic N) is 2. The molecule has 0 saturated heterocycles. The molecule has 0 aliphatic carbocycles. The monoisotopic (exact) mass is 499 g/mol. The highest BCUT2D eigenvalue weighted by molar-refractivity contribution is 7.99. The van der Waals surface area contributed by atoms with Crippen molar-refractivity contribution in [2.45, 2.75) is 12.1 Å². The molecule has 1 amide bonds. The van der Waals surface area contributed by atoms with Gasteiger partial charge in [0.2, 0.25) is 11.1 Å². The summed E-state index contributed by atoms with van der Waals surface area (Å²) in [6.07, 6.45) is 0. The number of thiophene rings is 1. The first-order valence-electron chi connectivity index (χ1n) is 9.91. The van der Waals surface area contributed by atoms with Crippen molar-refractivity contribution >= 4 is 51.6 Å². The van der Waals surface area contributed by atoms with Crippen LogP contribution in [0, 0.1) is 0 Å². The highest BCUT2D eigenvalue weighted by atomic mass is 35.5. The Morgan fingerprint density at radius 2 is 1.88 bits per heavy atom. The summed E-state index contributed by atoms with van der Waals surface area (Å²) in [6, 6.07) is 16.5. The van der Waals surface area contributed by atoms with E-state index in [0.29, 0.717) is 32.2 Å². The number of carbonyl (C=O) groups excluding carboxylic acids is 2. The molecule has 0 atom stereocenters. The van der Waals surface area contributed by atoms with Crippen LogP contribution >= 0.6 is 34.7 Å². The van der Waals surface area contributed by atoms with Crippen LogP contribution in [0.2, 0.25) is 5.02 Å². The SMILES string of the molecule is CCOC(=O)c1c(-c2ccccc2)csc1NC(=O)CSc1noc(-c2ccc(Cl)cc2)n1. The van der Waals surface area contributed by atoms with Gasteiger partial charge in [0.1, 0.15) is 10.6 Å². The second-order valence-electron chi connectivity index (χ2n) is 6.67. The standard InChI is InChI=1S/C23H18ClN3O4S2/c1-2-30-22(29)19-17(14-6-4-3-5-7-14)12-32-21(19)25-18(28)13-33-23-26-20(31-27-23)15-8-10-16(24)11-9-15/h3-12H,2,13H2,1H3,(H,25,28). The lowest BCUT2D eigenvalue weighted by molar-refractivity contribution is -0.113. The largest absolute Gasteiger partial charge is 0.462 e. The summed E-state index contributed by atoms with van der Waals surface area (Å²) < 4.78 is 10.5. The molecule has 0 spiro atoms. The molecule has 33 heavy (non-hydrogen) atoms. The minimum absolute atomic E-state index is 0.0421. The van der Waals surface area contributed by atoms with Gasteiger partial charge >= 0.3 is 5.97 Å². The Bertz CT molecular complexity index is 1260. The third-order valence-electron chi connectivity index (χ3n) is 4.44. The normalized spacial score (nSPS) is 10.7. The van der Waals surface area contributed by atoms with Crippen LogP contribution in [0.4, 0.5) is 5.00 Å². The second kappa shape index (κ2) is 10.7. The van der Waals surface area contributed by atoms with Gasteiger partial charge in [0.25, 0.3) is 5.89 Å². The Balaban J connectivity index is 1.45. The molecule has 10 heteroatoms. The molecule has 7 nitrogen and oxygen atoms in total. The third kappa shape index (κ3) is 5.62. The summed E-state index contributed by atoms with van der Waals surface area (Å²) in [4.78, 5) is 29.5. The molecular formula is C23H18ClN3O4S2. The number of ether oxygens (including phenoxy) is 1. The van der Waals surface area contributed by atoms with Gasteiger partial charge in [-0.3, -0.25) is 4.79 Å². The maximum atomic E-state index is 12.6. The van der Waals surface area contributed by atoms with E-state index in [-0.39, 0.29) is 18.3 Å². The average molecular weight is 500 g/mol. The number of aromatic nitrogens is 2. The van der Waals surface area contributed by atoms with Gasteiger partial charge in [-0.15, -0.1) is 11.3 Å². The zero-order chi connectivity index (χ0) is 23.2. The number of benzene rings is 2. The Morgan fingerprint density at radius 3 is 2.61 bits per heavy atom. The first-order valence-corrected chi connectivity index (χ1v) is 12.2. The summed E-state index contributed by atoms with van der Waals surface area (Å²) in [5.74, 6) is -0.401. The van der Waals surface area contributed by atoms with Gasteiger partial charge in [-0.1, -0.05) is 53.7 Å². The lowest BCUT2D eigenvalue weighted by Gasteiger charge is -2.08. The van der Waals surface area contributed by atoms with E-state index in [1.54, 1.807) is 31.2 Å². The topological polar surface area (TPSA) is 94.3 Å². The molecule has 0 bridgehead atoms. The number of thioether (sulfide) groups is 1. The summed E-state index contributed by atoms with van der Waals surface area (Å²) in [7, 11) is 0. The molecular weight excluding hydrogens is 482 g/mol. The van der Waals surface area contributed by atoms with E-state index in [0.717, 1.165) is 22.9 Å². The Labute approximate surface area is 203 Å². The third-order valence-corrected chi connectivity index (χ3v) is 6.42. The number of amides is 1. The van der Waals surface area contributed by atoms with E-state index in [1.807, 2.05) is 35.7 Å². The predicted molar refractivity (Wildman–Crippen MR) is 130 cm³/mol. The molecule has 2 aromatic heterocycles. The van der Waals surface area contributed by atoms with Crippen LogP contribution in [-0.4, -0.2) is 34.4 Å². The molecule has 0 aliphatic heterocycles. The van der Waals surface area contributed by atoms with Crippen molar-refractivity contribution in [2.24, 2.45) is 0 Å². The number of carbonyl (C=O) groups is 2. The smallest absolute Gasteiger partial charge is 0.341 e. The number of esters is 1. The van der Waals surface area contributed by atoms with E-state index in [2.05, 4.69) is 15.5 Å². The molecule has 0 fully saturated rings. The summed E-state index contributed by atoms with van der Waals surface area (Å²) in [6.45, 7) is 1.98. The minimum Gasteiger partial charge on any atom is -0.462 e. The van der Waals surface area contributed by atoms with Crippen molar-refractivity contribution < 1.29 is 18.8 Å². The molecule has 4 aromatic rings. The molecule has 168 valence electrons. The molecule has 0 unspecified atom stereocenters. The van der Waals surface area contributed by atoms with Crippen LogP contribution < -0.4 is 5.32 Å². The Kier molecular flexibility index (Phi) is 7.43. The number of rotatable bonds is 8. The fourth-order valence-corrected chi connectivity index (χ4v) is 4.63. The summed E-state index contributed by atoms with van der Waals surface area (Å²) in [5.41, 5.74) is 2.66. The first-order chi connectivity index (χ1) is 16.0. The van der Waals surface area contributed by atoms with E-state index in [9.17, 15) is 9.59 Å². The van der Waals surface area contributed by atoms with Crippen LogP contribution in [0.15, 0.2) is 69.7 Å². The Hall–Kier alpha value is -3.14. The molecule has 1 N–H and O–H groups in total. The van der Waals surface area contributed by atoms with E-state index >= 15 is 0 Å². The fourth-order valence-electron chi connectivity index (χ4n) is 2.96. The van der Waals surface area contributed by atoms with Gasteiger partial charge in [0.15, 0.2) is 0 Å². The molecule has 2 aromatic carbocycles. The molecule has 0 radical (unpaired) electrons. The number of hydrogen-bond donors (Lipinski definition) is 1. The second-order valence-corrected chi connectivity index (χ2v) is 8.92. The van der Waals surface area contributed by atoms with Gasteiger partial charge < -0.3 is 14.6 Å². The van der Waals surface area contributed by atoms with Gasteiger partial charge in [0, 0.05) is 21.5 Å². The zero-order valence-electron chi connectivity index (χ0n) is 17.4. The molecule has 2 heterocycles. The lowest BCUT2D eigenvalue weighted by atomic mass is 10.0. The van der Waals surface area contributed by atoms with E-state index < -0.39 is 5.97 Å². The van der Waals surface area contributed by atoms with E-state index in [4.69, 9.17) is 20.9 Å². The Morgan fingerprint density at radius 1 is 1.12 bits per heavy atom. The van der Waals surface area contributed by atoms with Crippen molar-refractivity contribution in [3.05, 3.63) is 70.6 Å². The van der Waals surface area contributed by atoms with Gasteiger partial charge in [-0.2, -0.15) is 4.98 Å². The average Bonchev–Trinajstić information content (AvgIpc) is 3.46. The zero-order valence-corrected chi connectivity index (χ0v) is 19.8. The summed E-state index contributed by atoms with van der Waals surface area (Å²) >= 11 is 8.30. The van der Waals surface area contributed by atoms with Crippen LogP contribution in [0.1, 0.15) is 17.3 Å². The number of halogens is 1. The fraction of sp³-hybridized carbons (Fsp3) is 0.130. The molecule has 0 saturated carbocycles.